The first kappa shape index (κ1) is 13.8. The number of anilines is 1. The van der Waals surface area contributed by atoms with Crippen LogP contribution in [0.25, 0.3) is 11.4 Å². The van der Waals surface area contributed by atoms with Crippen molar-refractivity contribution in [2.45, 2.75) is 32.1 Å². The van der Waals surface area contributed by atoms with Crippen molar-refractivity contribution in [1.82, 2.24) is 9.97 Å². The lowest BCUT2D eigenvalue weighted by molar-refractivity contribution is 0.709. The molecule has 1 aromatic carbocycles. The summed E-state index contributed by atoms with van der Waals surface area (Å²) in [5, 5.41) is 0.640. The van der Waals surface area contributed by atoms with Gasteiger partial charge in [-0.25, -0.2) is 9.97 Å². The van der Waals surface area contributed by atoms with Crippen LogP contribution in [0.5, 0.6) is 0 Å². The molecule has 1 heterocycles. The summed E-state index contributed by atoms with van der Waals surface area (Å²) in [6, 6.07) is 5.67. The molecule has 0 spiro atoms. The first-order chi connectivity index (χ1) is 9.65. The maximum atomic E-state index is 6.26. The van der Waals surface area contributed by atoms with Crippen LogP contribution < -0.4 is 5.73 Å². The number of aryl methyl sites for hydroxylation is 1. The molecule has 104 valence electrons. The van der Waals surface area contributed by atoms with E-state index in [1.165, 1.54) is 6.42 Å². The van der Waals surface area contributed by atoms with Crippen LogP contribution in [0.15, 0.2) is 22.7 Å². The van der Waals surface area contributed by atoms with E-state index in [4.69, 9.17) is 22.3 Å². The minimum atomic E-state index is 0.600. The smallest absolute Gasteiger partial charge is 0.163 e. The molecule has 0 saturated heterocycles. The highest BCUT2D eigenvalue weighted by molar-refractivity contribution is 9.10. The number of nitrogen functional groups attached to an aromatic ring is 1. The number of hydrogen-bond acceptors (Lipinski definition) is 3. The predicted molar refractivity (Wildman–Crippen MR) is 85.8 cm³/mol. The molecule has 0 bridgehead atoms. The Hall–Kier alpha value is -1.13. The number of fused-ring (bicyclic) bond motifs is 1. The molecule has 1 aliphatic carbocycles. The average molecular weight is 353 g/mol. The molecule has 3 rings (SSSR count). The molecule has 1 aliphatic rings. The van der Waals surface area contributed by atoms with Crippen LogP contribution in [0.3, 0.4) is 0 Å². The van der Waals surface area contributed by atoms with Crippen molar-refractivity contribution in [3.63, 3.8) is 0 Å². The van der Waals surface area contributed by atoms with Crippen LogP contribution in [0.1, 0.15) is 30.5 Å². The van der Waals surface area contributed by atoms with Gasteiger partial charge in [0.1, 0.15) is 5.82 Å². The monoisotopic (exact) mass is 351 g/mol. The zero-order chi connectivity index (χ0) is 14.1. The number of hydrogen-bond donors (Lipinski definition) is 1. The minimum Gasteiger partial charge on any atom is -0.383 e. The van der Waals surface area contributed by atoms with Gasteiger partial charge in [0.15, 0.2) is 5.82 Å². The van der Waals surface area contributed by atoms with E-state index in [1.807, 2.05) is 18.2 Å². The number of benzene rings is 1. The maximum Gasteiger partial charge on any atom is 0.163 e. The molecule has 0 radical (unpaired) electrons. The van der Waals surface area contributed by atoms with E-state index in [0.29, 0.717) is 16.7 Å². The van der Waals surface area contributed by atoms with E-state index in [1.54, 1.807) is 0 Å². The van der Waals surface area contributed by atoms with Gasteiger partial charge in [-0.05, 0) is 43.9 Å². The SMILES string of the molecule is Nc1nc(-c2cc(Br)ccc2Cl)nc2c1CCCCC2. The second kappa shape index (κ2) is 5.70. The van der Waals surface area contributed by atoms with Gasteiger partial charge in [0.2, 0.25) is 0 Å². The van der Waals surface area contributed by atoms with Crippen molar-refractivity contribution < 1.29 is 0 Å². The molecule has 3 nitrogen and oxygen atoms in total. The van der Waals surface area contributed by atoms with Crippen LogP contribution in [0.4, 0.5) is 5.82 Å². The molecular formula is C15H15BrClN3. The zero-order valence-electron chi connectivity index (χ0n) is 11.0. The number of nitrogens with two attached hydrogens (primary N) is 1. The lowest BCUT2D eigenvalue weighted by Crippen LogP contribution is -2.06. The van der Waals surface area contributed by atoms with E-state index in [2.05, 4.69) is 20.9 Å². The molecule has 0 aliphatic heterocycles. The summed E-state index contributed by atoms with van der Waals surface area (Å²) in [7, 11) is 0. The standard InChI is InChI=1S/C15H15BrClN3/c16-9-6-7-12(17)11(8-9)15-19-13-5-3-1-2-4-10(13)14(18)20-15/h6-8H,1-5H2,(H2,18,19,20). The summed E-state index contributed by atoms with van der Waals surface area (Å²) in [5.74, 6) is 1.22. The van der Waals surface area contributed by atoms with Crippen molar-refractivity contribution in [2.75, 3.05) is 5.73 Å². The molecule has 0 saturated carbocycles. The lowest BCUT2D eigenvalue weighted by Gasteiger charge is -2.11. The molecule has 5 heteroatoms. The Labute approximate surface area is 131 Å². The normalized spacial score (nSPS) is 14.7. The summed E-state index contributed by atoms with van der Waals surface area (Å²) < 4.78 is 0.953. The predicted octanol–water partition coefficient (Wildman–Crippen LogP) is 4.41. The van der Waals surface area contributed by atoms with Crippen molar-refractivity contribution in [3.05, 3.63) is 39.0 Å². The van der Waals surface area contributed by atoms with Gasteiger partial charge < -0.3 is 5.73 Å². The summed E-state index contributed by atoms with van der Waals surface area (Å²) in [5.41, 5.74) is 9.16. The summed E-state index contributed by atoms with van der Waals surface area (Å²) in [4.78, 5) is 9.17. The van der Waals surface area contributed by atoms with Crippen molar-refractivity contribution in [1.29, 1.82) is 0 Å². The van der Waals surface area contributed by atoms with Gasteiger partial charge >= 0.3 is 0 Å². The minimum absolute atomic E-state index is 0.600. The number of halogens is 2. The van der Waals surface area contributed by atoms with Crippen molar-refractivity contribution >= 4 is 33.3 Å². The number of nitrogens with zero attached hydrogens (tertiary/aromatic N) is 2. The van der Waals surface area contributed by atoms with E-state index in [-0.39, 0.29) is 0 Å². The quantitative estimate of drug-likeness (QED) is 0.773. The molecule has 0 atom stereocenters. The van der Waals surface area contributed by atoms with E-state index < -0.39 is 0 Å². The Morgan fingerprint density at radius 1 is 1.10 bits per heavy atom. The third kappa shape index (κ3) is 2.67. The topological polar surface area (TPSA) is 51.8 Å². The van der Waals surface area contributed by atoms with Crippen molar-refractivity contribution in [2.24, 2.45) is 0 Å². The van der Waals surface area contributed by atoms with Gasteiger partial charge in [0.25, 0.3) is 0 Å². The van der Waals surface area contributed by atoms with E-state index in [0.717, 1.165) is 47.0 Å². The fraction of sp³-hybridized carbons (Fsp3) is 0.333. The van der Waals surface area contributed by atoms with Gasteiger partial charge in [-0.15, -0.1) is 0 Å². The maximum absolute atomic E-state index is 6.26. The Morgan fingerprint density at radius 2 is 1.90 bits per heavy atom. The highest BCUT2D eigenvalue weighted by Crippen LogP contribution is 2.31. The fourth-order valence-corrected chi connectivity index (χ4v) is 3.15. The van der Waals surface area contributed by atoms with E-state index in [9.17, 15) is 0 Å². The second-order valence-electron chi connectivity index (χ2n) is 5.04. The van der Waals surface area contributed by atoms with Crippen LogP contribution in [-0.4, -0.2) is 9.97 Å². The summed E-state index contributed by atoms with van der Waals surface area (Å²) >= 11 is 9.71. The molecule has 0 unspecified atom stereocenters. The number of rotatable bonds is 1. The molecule has 0 fully saturated rings. The van der Waals surface area contributed by atoms with Gasteiger partial charge in [0.05, 0.1) is 5.02 Å². The average Bonchev–Trinajstić information content (AvgIpc) is 2.67. The zero-order valence-corrected chi connectivity index (χ0v) is 13.3. The Morgan fingerprint density at radius 3 is 2.75 bits per heavy atom. The molecule has 1 aromatic heterocycles. The Kier molecular flexibility index (Phi) is 3.94. The molecule has 2 aromatic rings. The van der Waals surface area contributed by atoms with Gasteiger partial charge in [-0.2, -0.15) is 0 Å². The van der Waals surface area contributed by atoms with Crippen LogP contribution >= 0.6 is 27.5 Å². The number of aromatic nitrogens is 2. The van der Waals surface area contributed by atoms with E-state index >= 15 is 0 Å². The molecule has 2 N–H and O–H groups in total. The third-order valence-electron chi connectivity index (χ3n) is 3.63. The summed E-state index contributed by atoms with van der Waals surface area (Å²) in [6.45, 7) is 0. The van der Waals surface area contributed by atoms with Crippen molar-refractivity contribution in [3.8, 4) is 11.4 Å². The van der Waals surface area contributed by atoms with Gasteiger partial charge in [-0.1, -0.05) is 34.0 Å². The second-order valence-corrected chi connectivity index (χ2v) is 6.37. The van der Waals surface area contributed by atoms with Gasteiger partial charge in [0, 0.05) is 21.3 Å². The highest BCUT2D eigenvalue weighted by Gasteiger charge is 2.17. The highest BCUT2D eigenvalue weighted by atomic mass is 79.9. The molecule has 20 heavy (non-hydrogen) atoms. The lowest BCUT2D eigenvalue weighted by atomic mass is 10.1. The fourth-order valence-electron chi connectivity index (χ4n) is 2.59. The Bertz CT molecular complexity index is 658. The summed E-state index contributed by atoms with van der Waals surface area (Å²) in [6.07, 6.45) is 5.50. The van der Waals surface area contributed by atoms with Crippen LogP contribution in [-0.2, 0) is 12.8 Å². The third-order valence-corrected chi connectivity index (χ3v) is 4.46. The largest absolute Gasteiger partial charge is 0.383 e. The van der Waals surface area contributed by atoms with Crippen LogP contribution in [0.2, 0.25) is 5.02 Å². The Balaban J connectivity index is 2.13. The van der Waals surface area contributed by atoms with Crippen LogP contribution in [0, 0.1) is 0 Å². The molecule has 0 amide bonds. The molecular weight excluding hydrogens is 338 g/mol. The first-order valence-electron chi connectivity index (χ1n) is 6.76. The van der Waals surface area contributed by atoms with Gasteiger partial charge in [-0.3, -0.25) is 0 Å². The first-order valence-corrected chi connectivity index (χ1v) is 7.93.